The first-order valence-corrected chi connectivity index (χ1v) is 21.5. The summed E-state index contributed by atoms with van der Waals surface area (Å²) in [4.78, 5) is 64.1. The minimum Gasteiger partial charge on any atom is -0.491 e. The van der Waals surface area contributed by atoms with Gasteiger partial charge in [0.1, 0.15) is 53.0 Å². The number of hydrogen-bond donors (Lipinski definition) is 2. The van der Waals surface area contributed by atoms with Crippen LogP contribution in [0.1, 0.15) is 85.8 Å². The topological polar surface area (TPSA) is 158 Å². The predicted octanol–water partition coefficient (Wildman–Crippen LogP) is 5.77. The summed E-state index contributed by atoms with van der Waals surface area (Å²) < 4.78 is 29.3. The van der Waals surface area contributed by atoms with Crippen molar-refractivity contribution in [3.8, 4) is 11.5 Å². The molecule has 0 bridgehead atoms. The van der Waals surface area contributed by atoms with Crippen molar-refractivity contribution in [2.45, 2.75) is 110 Å². The van der Waals surface area contributed by atoms with Gasteiger partial charge in [-0.1, -0.05) is 51.3 Å². The van der Waals surface area contributed by atoms with E-state index < -0.39 is 53.0 Å². The standard InChI is InChI=1S/C44H60ClN5O9/c1-8-28-23-44(28,41(53)55-7)48-39(51)33-22-31(24-50(33)40(52)38(43(4,5)6)47-42(54)59-30-19-26-18-27(26)20-30)58-35-21-29(17-25(2)3)46-37-32(35)9-10-34(36(37)45)57-16-13-49-11-14-56-15-12-49/h9-10,17,21,26-28,30-31,33,38H,8,11-16,18-20,22-24H2,1-7H3,(H,47,54)(H,48,51)/t26-,27+,28-,30+,31-,33+,38-,44-/m1/s1. The molecule has 2 aliphatic heterocycles. The van der Waals surface area contributed by atoms with Crippen molar-refractivity contribution >= 4 is 52.5 Å². The third-order valence-electron chi connectivity index (χ3n) is 12.6. The number of halogens is 1. The minimum absolute atomic E-state index is 0.0346. The van der Waals surface area contributed by atoms with Crippen molar-refractivity contribution in [3.63, 3.8) is 0 Å². The number of likely N-dealkylation sites (tertiary alicyclic amines) is 1. The molecule has 15 heteroatoms. The van der Waals surface area contributed by atoms with E-state index in [0.717, 1.165) is 38.0 Å². The highest BCUT2D eigenvalue weighted by Crippen LogP contribution is 2.52. The third-order valence-corrected chi connectivity index (χ3v) is 12.9. The number of ether oxygens (including phenoxy) is 5. The molecule has 0 spiro atoms. The summed E-state index contributed by atoms with van der Waals surface area (Å²) in [5.41, 5.74) is 0.218. The van der Waals surface area contributed by atoms with Gasteiger partial charge < -0.3 is 39.2 Å². The first kappa shape index (κ1) is 43.0. The molecule has 14 nitrogen and oxygen atoms in total. The van der Waals surface area contributed by atoms with Gasteiger partial charge in [-0.2, -0.15) is 0 Å². The Morgan fingerprint density at radius 1 is 1.05 bits per heavy atom. The van der Waals surface area contributed by atoms with Crippen LogP contribution in [0, 0.1) is 23.2 Å². The summed E-state index contributed by atoms with van der Waals surface area (Å²) in [5.74, 6) is 0.677. The quantitative estimate of drug-likeness (QED) is 0.223. The smallest absolute Gasteiger partial charge is 0.408 e. The number of alkyl carbamates (subject to hydrolysis) is 1. The van der Waals surface area contributed by atoms with Crippen LogP contribution in [0.4, 0.5) is 4.79 Å². The summed E-state index contributed by atoms with van der Waals surface area (Å²) >= 11 is 7.01. The van der Waals surface area contributed by atoms with Gasteiger partial charge in [0.2, 0.25) is 11.8 Å². The molecular weight excluding hydrogens is 778 g/mol. The highest BCUT2D eigenvalue weighted by molar-refractivity contribution is 6.36. The number of esters is 1. The van der Waals surface area contributed by atoms with E-state index in [1.165, 1.54) is 18.4 Å². The van der Waals surface area contributed by atoms with Gasteiger partial charge in [-0.15, -0.1) is 0 Å². The zero-order valence-corrected chi connectivity index (χ0v) is 36.2. The molecule has 7 rings (SSSR count). The maximum Gasteiger partial charge on any atom is 0.408 e. The van der Waals surface area contributed by atoms with Crippen molar-refractivity contribution in [3.05, 3.63) is 34.5 Å². The van der Waals surface area contributed by atoms with E-state index in [0.29, 0.717) is 77.6 Å². The van der Waals surface area contributed by atoms with Crippen LogP contribution in [0.5, 0.6) is 11.5 Å². The molecule has 59 heavy (non-hydrogen) atoms. The highest BCUT2D eigenvalue weighted by atomic mass is 35.5. The van der Waals surface area contributed by atoms with E-state index in [1.54, 1.807) is 6.07 Å². The summed E-state index contributed by atoms with van der Waals surface area (Å²) in [6.45, 7) is 15.8. The molecule has 0 radical (unpaired) electrons. The number of morpholine rings is 1. The van der Waals surface area contributed by atoms with Crippen molar-refractivity contribution in [1.82, 2.24) is 25.4 Å². The molecule has 0 unspecified atom stereocenters. The lowest BCUT2D eigenvalue weighted by Gasteiger charge is -2.35. The predicted molar refractivity (Wildman–Crippen MR) is 222 cm³/mol. The molecule has 3 saturated carbocycles. The Kier molecular flexibility index (Phi) is 12.7. The lowest BCUT2D eigenvalue weighted by atomic mass is 9.85. The fraction of sp³-hybridized carbons (Fsp3) is 0.659. The van der Waals surface area contributed by atoms with Crippen LogP contribution in [0.15, 0.2) is 23.8 Å². The van der Waals surface area contributed by atoms with E-state index >= 15 is 0 Å². The van der Waals surface area contributed by atoms with Gasteiger partial charge in [0.25, 0.3) is 0 Å². The van der Waals surface area contributed by atoms with Gasteiger partial charge in [0, 0.05) is 37.5 Å². The van der Waals surface area contributed by atoms with E-state index in [-0.39, 0.29) is 25.0 Å². The van der Waals surface area contributed by atoms with Gasteiger partial charge >= 0.3 is 12.1 Å². The summed E-state index contributed by atoms with van der Waals surface area (Å²) in [6, 6.07) is 3.45. The van der Waals surface area contributed by atoms with Gasteiger partial charge in [0.15, 0.2) is 0 Å². The molecule has 322 valence electrons. The maximum atomic E-state index is 14.8. The minimum atomic E-state index is -1.17. The van der Waals surface area contributed by atoms with Crippen LogP contribution in [-0.4, -0.2) is 122 Å². The van der Waals surface area contributed by atoms with Gasteiger partial charge in [-0.25, -0.2) is 14.6 Å². The number of nitrogens with one attached hydrogen (secondary N) is 2. The maximum absolute atomic E-state index is 14.8. The largest absolute Gasteiger partial charge is 0.491 e. The van der Waals surface area contributed by atoms with Crippen LogP contribution in [0.3, 0.4) is 0 Å². The molecule has 2 N–H and O–H groups in total. The average Bonchev–Trinajstić information content (AvgIpc) is 4.00. The van der Waals surface area contributed by atoms with E-state index in [2.05, 4.69) is 15.5 Å². The number of rotatable bonds is 14. The van der Waals surface area contributed by atoms with Crippen LogP contribution >= 0.6 is 11.6 Å². The van der Waals surface area contributed by atoms with Crippen molar-refractivity contribution in [1.29, 1.82) is 0 Å². The monoisotopic (exact) mass is 837 g/mol. The van der Waals surface area contributed by atoms with E-state index in [9.17, 15) is 19.2 Å². The molecule has 1 aromatic carbocycles. The van der Waals surface area contributed by atoms with E-state index in [4.69, 9.17) is 40.3 Å². The van der Waals surface area contributed by atoms with Crippen LogP contribution in [-0.2, 0) is 28.6 Å². The Balaban J connectivity index is 1.15. The van der Waals surface area contributed by atoms with Gasteiger partial charge in [0.05, 0.1) is 38.1 Å². The lowest BCUT2D eigenvalue weighted by molar-refractivity contribution is -0.148. The Bertz CT molecular complexity index is 1950. The number of amides is 3. The molecule has 5 fully saturated rings. The molecule has 1 aromatic heterocycles. The Labute approximate surface area is 352 Å². The molecule has 3 amide bonds. The van der Waals surface area contributed by atoms with Gasteiger partial charge in [-0.05, 0) is 80.9 Å². The fourth-order valence-electron chi connectivity index (χ4n) is 9.11. The summed E-state index contributed by atoms with van der Waals surface area (Å²) in [6.07, 6.45) is 4.55. The number of nitrogens with zero attached hydrogens (tertiary/aromatic N) is 3. The molecule has 2 saturated heterocycles. The number of hydrogen-bond acceptors (Lipinski definition) is 11. The number of carbonyl (C=O) groups excluding carboxylic acids is 4. The van der Waals surface area contributed by atoms with Crippen molar-refractivity contribution in [2.75, 3.05) is 53.1 Å². The molecule has 3 heterocycles. The van der Waals surface area contributed by atoms with Gasteiger partial charge in [-0.3, -0.25) is 14.5 Å². The first-order chi connectivity index (χ1) is 28.1. The summed E-state index contributed by atoms with van der Waals surface area (Å²) in [7, 11) is 1.30. The van der Waals surface area contributed by atoms with Crippen LogP contribution in [0.2, 0.25) is 5.02 Å². The second-order valence-electron chi connectivity index (χ2n) is 18.3. The number of carbonyl (C=O) groups is 4. The second kappa shape index (κ2) is 17.5. The SMILES string of the molecule is CC[C@@H]1C[C@]1(NC(=O)[C@@H]1C[C@@H](Oc2cc(C=C(C)C)nc3c(Cl)c(OCCN4CCOCC4)ccc23)CN1C(=O)[C@@H](NC(=O)O[C@@H]1C[C@@H]2C[C@@H]2C1)C(C)(C)C)C(=O)OC. The van der Waals surface area contributed by atoms with E-state index in [1.807, 2.05) is 59.8 Å². The number of methoxy groups -OCH3 is 1. The Morgan fingerprint density at radius 3 is 2.42 bits per heavy atom. The normalized spacial score (nSPS) is 28.0. The Morgan fingerprint density at radius 2 is 1.78 bits per heavy atom. The number of fused-ring (bicyclic) bond motifs is 2. The molecular formula is C44H60ClN5O9. The highest BCUT2D eigenvalue weighted by Gasteiger charge is 2.62. The number of allylic oxidation sites excluding steroid dienone is 1. The average molecular weight is 838 g/mol. The first-order valence-electron chi connectivity index (χ1n) is 21.2. The van der Waals surface area contributed by atoms with Crippen molar-refractivity contribution < 1.29 is 42.9 Å². The lowest BCUT2D eigenvalue weighted by Crippen LogP contribution is -2.59. The molecule has 8 atom stereocenters. The van der Waals surface area contributed by atoms with Crippen LogP contribution in [0.25, 0.3) is 17.0 Å². The van der Waals surface area contributed by atoms with Crippen molar-refractivity contribution in [2.24, 2.45) is 23.2 Å². The zero-order chi connectivity index (χ0) is 42.2. The Hall–Kier alpha value is -4.14. The molecule has 5 aliphatic rings. The van der Waals surface area contributed by atoms with Crippen LogP contribution < -0.4 is 20.1 Å². The fourth-order valence-corrected chi connectivity index (χ4v) is 9.37. The molecule has 3 aliphatic carbocycles. The number of aromatic nitrogens is 1. The molecule has 2 aromatic rings. The zero-order valence-electron chi connectivity index (χ0n) is 35.4. The summed E-state index contributed by atoms with van der Waals surface area (Å²) in [5, 5.41) is 6.84. The number of pyridine rings is 1. The third kappa shape index (κ3) is 9.60. The number of benzene rings is 1. The second-order valence-corrected chi connectivity index (χ2v) is 18.7.